The van der Waals surface area contributed by atoms with Crippen LogP contribution in [0, 0.1) is 25.2 Å². The molecule has 0 amide bonds. The highest BCUT2D eigenvalue weighted by Gasteiger charge is 2.15. The van der Waals surface area contributed by atoms with Crippen molar-refractivity contribution in [2.75, 3.05) is 0 Å². The maximum atomic E-state index is 9.14. The lowest BCUT2D eigenvalue weighted by Gasteiger charge is -2.12. The van der Waals surface area contributed by atoms with Gasteiger partial charge in [0.05, 0.1) is 34.2 Å². The Morgan fingerprint density at radius 1 is 1.19 bits per heavy atom. The van der Waals surface area contributed by atoms with E-state index in [1.54, 1.807) is 0 Å². The van der Waals surface area contributed by atoms with Crippen LogP contribution in [0.4, 0.5) is 0 Å². The van der Waals surface area contributed by atoms with Gasteiger partial charge in [0.25, 0.3) is 0 Å². The molecule has 0 aliphatic heterocycles. The van der Waals surface area contributed by atoms with Crippen LogP contribution in [0.2, 0.25) is 0 Å². The van der Waals surface area contributed by atoms with E-state index in [9.17, 15) is 0 Å². The molecule has 0 atom stereocenters. The molecule has 0 saturated carbocycles. The Balaban J connectivity index is 2.42. The van der Waals surface area contributed by atoms with Crippen LogP contribution in [0.3, 0.4) is 0 Å². The van der Waals surface area contributed by atoms with Gasteiger partial charge >= 0.3 is 0 Å². The average molecular weight is 296 g/mol. The zero-order valence-electron chi connectivity index (χ0n) is 11.9. The molecule has 104 valence electrons. The van der Waals surface area contributed by atoms with Crippen molar-refractivity contribution in [2.24, 2.45) is 0 Å². The van der Waals surface area contributed by atoms with Crippen LogP contribution in [0.15, 0.2) is 36.4 Å². The third-order valence-corrected chi connectivity index (χ3v) is 3.89. The summed E-state index contributed by atoms with van der Waals surface area (Å²) in [6, 6.07) is 13.9. The number of nitriles is 1. The lowest BCUT2D eigenvalue weighted by atomic mass is 10.1. The number of hydrogen-bond donors (Lipinski definition) is 0. The Hall–Kier alpha value is -2.31. The van der Waals surface area contributed by atoms with Crippen molar-refractivity contribution in [1.82, 2.24) is 9.55 Å². The topological polar surface area (TPSA) is 41.6 Å². The molecule has 3 rings (SSSR count). The monoisotopic (exact) mass is 295 g/mol. The maximum absolute atomic E-state index is 9.14. The van der Waals surface area contributed by atoms with E-state index in [1.807, 2.05) is 37.3 Å². The Labute approximate surface area is 128 Å². The van der Waals surface area contributed by atoms with Crippen molar-refractivity contribution >= 4 is 22.6 Å². The number of aromatic nitrogens is 2. The van der Waals surface area contributed by atoms with Crippen LogP contribution < -0.4 is 0 Å². The molecular formula is C17H14ClN3. The first-order chi connectivity index (χ1) is 10.2. The van der Waals surface area contributed by atoms with Crippen LogP contribution in [0.5, 0.6) is 0 Å². The van der Waals surface area contributed by atoms with Gasteiger partial charge < -0.3 is 0 Å². The Kier molecular flexibility index (Phi) is 3.40. The number of nitrogens with zero attached hydrogens (tertiary/aromatic N) is 3. The SMILES string of the molecule is Cc1ccc(C#N)cc1-n1c(CCl)nc2cccc(C)c21. The van der Waals surface area contributed by atoms with Crippen molar-refractivity contribution in [3.8, 4) is 11.8 Å². The van der Waals surface area contributed by atoms with Gasteiger partial charge in [-0.05, 0) is 43.2 Å². The Morgan fingerprint density at radius 3 is 2.71 bits per heavy atom. The number of imidazole rings is 1. The van der Waals surface area contributed by atoms with Crippen molar-refractivity contribution < 1.29 is 0 Å². The minimum absolute atomic E-state index is 0.324. The standard InChI is InChI=1S/C17H14ClN3/c1-11-6-7-13(10-19)8-15(11)21-16(9-18)20-14-5-3-4-12(2)17(14)21/h3-8H,9H2,1-2H3. The van der Waals surface area contributed by atoms with E-state index in [-0.39, 0.29) is 0 Å². The second-order valence-corrected chi connectivity index (χ2v) is 5.32. The quantitative estimate of drug-likeness (QED) is 0.663. The van der Waals surface area contributed by atoms with E-state index >= 15 is 0 Å². The molecule has 0 aliphatic rings. The normalized spacial score (nSPS) is 10.8. The summed E-state index contributed by atoms with van der Waals surface area (Å²) < 4.78 is 2.06. The number of fused-ring (bicyclic) bond motifs is 1. The number of alkyl halides is 1. The Bertz CT molecular complexity index is 872. The molecule has 0 fully saturated rings. The van der Waals surface area contributed by atoms with E-state index in [0.29, 0.717) is 11.4 Å². The zero-order valence-corrected chi connectivity index (χ0v) is 12.6. The first-order valence-electron chi connectivity index (χ1n) is 6.69. The largest absolute Gasteiger partial charge is 0.295 e. The molecule has 0 saturated heterocycles. The fourth-order valence-corrected chi connectivity index (χ4v) is 2.79. The van der Waals surface area contributed by atoms with Crippen LogP contribution in [0.25, 0.3) is 16.7 Å². The highest BCUT2D eigenvalue weighted by Crippen LogP contribution is 2.27. The second kappa shape index (κ2) is 5.23. The van der Waals surface area contributed by atoms with Gasteiger partial charge in [-0.15, -0.1) is 11.6 Å². The lowest BCUT2D eigenvalue weighted by Crippen LogP contribution is -2.03. The smallest absolute Gasteiger partial charge is 0.129 e. The molecule has 1 heterocycles. The van der Waals surface area contributed by atoms with Gasteiger partial charge in [0, 0.05) is 0 Å². The summed E-state index contributed by atoms with van der Waals surface area (Å²) in [6.07, 6.45) is 0. The third-order valence-electron chi connectivity index (χ3n) is 3.65. The first kappa shape index (κ1) is 13.7. The number of para-hydroxylation sites is 1. The van der Waals surface area contributed by atoms with Gasteiger partial charge in [-0.2, -0.15) is 5.26 Å². The molecule has 1 aromatic heterocycles. The van der Waals surface area contributed by atoms with Crippen molar-refractivity contribution in [3.05, 3.63) is 58.9 Å². The van der Waals surface area contributed by atoms with Gasteiger partial charge in [0.2, 0.25) is 0 Å². The first-order valence-corrected chi connectivity index (χ1v) is 7.23. The van der Waals surface area contributed by atoms with Crippen molar-refractivity contribution in [2.45, 2.75) is 19.7 Å². The predicted octanol–water partition coefficient (Wildman–Crippen LogP) is 4.25. The Morgan fingerprint density at radius 2 is 2.00 bits per heavy atom. The second-order valence-electron chi connectivity index (χ2n) is 5.05. The number of benzene rings is 2. The van der Waals surface area contributed by atoms with Crippen LogP contribution in [-0.2, 0) is 5.88 Å². The summed E-state index contributed by atoms with van der Waals surface area (Å²) in [5, 5.41) is 9.14. The number of halogens is 1. The van der Waals surface area contributed by atoms with E-state index in [2.05, 4.69) is 28.6 Å². The van der Waals surface area contributed by atoms with Gasteiger partial charge in [-0.25, -0.2) is 4.98 Å². The summed E-state index contributed by atoms with van der Waals surface area (Å²) in [5.41, 5.74) is 5.79. The molecule has 0 bridgehead atoms. The van der Waals surface area contributed by atoms with Crippen LogP contribution in [-0.4, -0.2) is 9.55 Å². The molecule has 0 N–H and O–H groups in total. The number of aryl methyl sites for hydroxylation is 2. The van der Waals surface area contributed by atoms with Gasteiger partial charge in [-0.1, -0.05) is 18.2 Å². The summed E-state index contributed by atoms with van der Waals surface area (Å²) >= 11 is 6.08. The summed E-state index contributed by atoms with van der Waals surface area (Å²) in [6.45, 7) is 4.08. The van der Waals surface area contributed by atoms with Crippen molar-refractivity contribution in [3.63, 3.8) is 0 Å². The van der Waals surface area contributed by atoms with Gasteiger partial charge in [0.15, 0.2) is 0 Å². The average Bonchev–Trinajstić information content (AvgIpc) is 2.87. The molecular weight excluding hydrogens is 282 g/mol. The summed E-state index contributed by atoms with van der Waals surface area (Å²) in [5.74, 6) is 1.11. The molecule has 0 spiro atoms. The minimum atomic E-state index is 0.324. The number of hydrogen-bond acceptors (Lipinski definition) is 2. The van der Waals surface area contributed by atoms with Crippen molar-refractivity contribution in [1.29, 1.82) is 5.26 Å². The third kappa shape index (κ3) is 2.18. The molecule has 0 radical (unpaired) electrons. The van der Waals surface area contributed by atoms with Crippen LogP contribution >= 0.6 is 11.6 Å². The highest BCUT2D eigenvalue weighted by molar-refractivity contribution is 6.17. The fourth-order valence-electron chi connectivity index (χ4n) is 2.61. The molecule has 21 heavy (non-hydrogen) atoms. The lowest BCUT2D eigenvalue weighted by molar-refractivity contribution is 0.969. The predicted molar refractivity (Wildman–Crippen MR) is 84.8 cm³/mol. The fraction of sp³-hybridized carbons (Fsp3) is 0.176. The van der Waals surface area contributed by atoms with Gasteiger partial charge in [-0.3, -0.25) is 4.57 Å². The maximum Gasteiger partial charge on any atom is 0.129 e. The molecule has 0 aliphatic carbocycles. The summed E-state index contributed by atoms with van der Waals surface area (Å²) in [4.78, 5) is 4.61. The van der Waals surface area contributed by atoms with Crippen LogP contribution in [0.1, 0.15) is 22.5 Å². The molecule has 3 nitrogen and oxygen atoms in total. The molecule has 4 heteroatoms. The zero-order chi connectivity index (χ0) is 15.0. The molecule has 3 aromatic rings. The molecule has 2 aromatic carbocycles. The van der Waals surface area contributed by atoms with E-state index in [4.69, 9.17) is 16.9 Å². The van der Waals surface area contributed by atoms with E-state index in [1.165, 1.54) is 0 Å². The van der Waals surface area contributed by atoms with E-state index in [0.717, 1.165) is 33.7 Å². The van der Waals surface area contributed by atoms with E-state index < -0.39 is 0 Å². The molecule has 0 unspecified atom stereocenters. The van der Waals surface area contributed by atoms with Gasteiger partial charge in [0.1, 0.15) is 5.82 Å². The highest BCUT2D eigenvalue weighted by atomic mass is 35.5. The summed E-state index contributed by atoms with van der Waals surface area (Å²) in [7, 11) is 0. The minimum Gasteiger partial charge on any atom is -0.295 e. The number of rotatable bonds is 2.